The van der Waals surface area contributed by atoms with Crippen molar-refractivity contribution in [2.75, 3.05) is 24.5 Å². The molecule has 6 nitrogen and oxygen atoms in total. The molecule has 1 N–H and O–H groups in total. The first-order chi connectivity index (χ1) is 13.9. The van der Waals surface area contributed by atoms with E-state index in [1.54, 1.807) is 0 Å². The Kier molecular flexibility index (Phi) is 5.74. The summed E-state index contributed by atoms with van der Waals surface area (Å²) in [4.78, 5) is 25.1. The number of ether oxygens (including phenoxy) is 1. The van der Waals surface area contributed by atoms with Gasteiger partial charge in [-0.3, -0.25) is 14.7 Å². The van der Waals surface area contributed by atoms with Gasteiger partial charge in [-0.15, -0.1) is 0 Å². The Labute approximate surface area is 172 Å². The highest BCUT2D eigenvalue weighted by Gasteiger charge is 2.27. The first-order valence-corrected chi connectivity index (χ1v) is 10.7. The van der Waals surface area contributed by atoms with Crippen molar-refractivity contribution in [2.24, 2.45) is 0 Å². The van der Waals surface area contributed by atoms with Gasteiger partial charge in [0, 0.05) is 38.3 Å². The van der Waals surface area contributed by atoms with Gasteiger partial charge in [-0.05, 0) is 37.3 Å². The lowest BCUT2D eigenvalue weighted by molar-refractivity contribution is -0.00576. The van der Waals surface area contributed by atoms with Crippen LogP contribution in [0.3, 0.4) is 0 Å². The molecule has 2 aliphatic rings. The molecule has 0 unspecified atom stereocenters. The molecule has 1 saturated heterocycles. The Morgan fingerprint density at radius 1 is 1.17 bits per heavy atom. The molecule has 4 rings (SSSR count). The van der Waals surface area contributed by atoms with Gasteiger partial charge in [0.1, 0.15) is 0 Å². The molecule has 29 heavy (non-hydrogen) atoms. The highest BCUT2D eigenvalue weighted by molar-refractivity contribution is 5.35. The van der Waals surface area contributed by atoms with E-state index in [9.17, 15) is 4.79 Å². The maximum Gasteiger partial charge on any atom is 0.255 e. The van der Waals surface area contributed by atoms with E-state index in [2.05, 4.69) is 66.7 Å². The summed E-state index contributed by atoms with van der Waals surface area (Å²) in [6, 6.07) is 8.88. The average Bonchev–Trinajstić information content (AvgIpc) is 2.67. The molecule has 3 heterocycles. The number of aromatic amines is 1. The number of aromatic nitrogens is 2. The molecule has 1 aromatic heterocycles. The number of hydrogen-bond donors (Lipinski definition) is 1. The fourth-order valence-corrected chi connectivity index (χ4v) is 4.38. The van der Waals surface area contributed by atoms with Gasteiger partial charge in [-0.1, -0.05) is 38.1 Å². The highest BCUT2D eigenvalue weighted by atomic mass is 16.5. The monoisotopic (exact) mass is 396 g/mol. The van der Waals surface area contributed by atoms with E-state index in [0.29, 0.717) is 18.4 Å². The zero-order valence-electron chi connectivity index (χ0n) is 17.9. The number of nitrogens with one attached hydrogen (secondary N) is 1. The van der Waals surface area contributed by atoms with Crippen LogP contribution in [0.1, 0.15) is 56.0 Å². The molecular formula is C23H32N4O2. The zero-order valence-corrected chi connectivity index (χ0v) is 17.9. The topological polar surface area (TPSA) is 61.5 Å². The van der Waals surface area contributed by atoms with Crippen LogP contribution in [0.5, 0.6) is 0 Å². The smallest absolute Gasteiger partial charge is 0.255 e. The molecule has 0 radical (unpaired) electrons. The molecule has 1 fully saturated rings. The number of anilines is 1. The number of benzene rings is 1. The number of hydrogen-bond acceptors (Lipinski definition) is 5. The largest absolute Gasteiger partial charge is 0.372 e. The maximum atomic E-state index is 12.7. The van der Waals surface area contributed by atoms with Crippen molar-refractivity contribution in [1.29, 1.82) is 0 Å². The fraction of sp³-hybridized carbons (Fsp3) is 0.565. The average molecular weight is 397 g/mol. The molecule has 6 heteroatoms. The molecule has 0 amide bonds. The lowest BCUT2D eigenvalue weighted by atomic mass is 10.0. The summed E-state index contributed by atoms with van der Waals surface area (Å²) in [7, 11) is 0. The Morgan fingerprint density at radius 2 is 1.86 bits per heavy atom. The molecule has 0 aliphatic carbocycles. The van der Waals surface area contributed by atoms with E-state index in [-0.39, 0.29) is 17.8 Å². The van der Waals surface area contributed by atoms with Gasteiger partial charge < -0.3 is 9.64 Å². The van der Waals surface area contributed by atoms with Crippen LogP contribution >= 0.6 is 0 Å². The Balaban J connectivity index is 1.50. The van der Waals surface area contributed by atoms with E-state index in [1.807, 2.05) is 0 Å². The molecule has 156 valence electrons. The van der Waals surface area contributed by atoms with Gasteiger partial charge in [0.05, 0.1) is 17.9 Å². The van der Waals surface area contributed by atoms with Crippen LogP contribution in [0, 0.1) is 0 Å². The number of morpholine rings is 1. The van der Waals surface area contributed by atoms with Crippen LogP contribution in [0.15, 0.2) is 29.1 Å². The van der Waals surface area contributed by atoms with Crippen LogP contribution in [0.25, 0.3) is 0 Å². The molecule has 1 aromatic carbocycles. The number of rotatable bonds is 4. The molecule has 0 saturated carbocycles. The standard InChI is InChI=1S/C23H32N4O2/c1-15(2)19-7-5-18(6-8-19)13-26-10-9-20-21(14-26)24-23(25-22(20)28)27-11-16(3)29-17(4)12-27/h5-8,15-17H,9-14H2,1-4H3,(H,24,25,28)/t16-,17-/m0/s1. The number of fused-ring (bicyclic) bond motifs is 1. The third-order valence-corrected chi connectivity index (χ3v) is 5.91. The van der Waals surface area contributed by atoms with E-state index in [1.165, 1.54) is 11.1 Å². The molecule has 2 aliphatic heterocycles. The van der Waals surface area contributed by atoms with Crippen LogP contribution < -0.4 is 10.5 Å². The predicted octanol–water partition coefficient (Wildman–Crippen LogP) is 3.07. The van der Waals surface area contributed by atoms with E-state index < -0.39 is 0 Å². The molecule has 2 atom stereocenters. The van der Waals surface area contributed by atoms with E-state index in [0.717, 1.165) is 43.9 Å². The van der Waals surface area contributed by atoms with Crippen LogP contribution in [-0.2, 0) is 24.2 Å². The minimum absolute atomic E-state index is 0.0118. The van der Waals surface area contributed by atoms with Gasteiger partial charge in [0.25, 0.3) is 5.56 Å². The van der Waals surface area contributed by atoms with Gasteiger partial charge in [-0.25, -0.2) is 4.98 Å². The number of H-pyrrole nitrogens is 1. The first-order valence-electron chi connectivity index (χ1n) is 10.7. The zero-order chi connectivity index (χ0) is 20.5. The summed E-state index contributed by atoms with van der Waals surface area (Å²) < 4.78 is 5.82. The van der Waals surface area contributed by atoms with Gasteiger partial charge in [-0.2, -0.15) is 0 Å². The Morgan fingerprint density at radius 3 is 2.52 bits per heavy atom. The third-order valence-electron chi connectivity index (χ3n) is 5.91. The van der Waals surface area contributed by atoms with Crippen molar-refractivity contribution in [2.45, 2.75) is 65.3 Å². The van der Waals surface area contributed by atoms with E-state index in [4.69, 9.17) is 9.72 Å². The van der Waals surface area contributed by atoms with Crippen molar-refractivity contribution < 1.29 is 4.74 Å². The van der Waals surface area contributed by atoms with Gasteiger partial charge >= 0.3 is 0 Å². The normalized spacial score (nSPS) is 22.7. The van der Waals surface area contributed by atoms with Crippen LogP contribution in [0.2, 0.25) is 0 Å². The minimum atomic E-state index is 0.0118. The molecular weight excluding hydrogens is 364 g/mol. The summed E-state index contributed by atoms with van der Waals surface area (Å²) in [6.45, 7) is 12.5. The summed E-state index contributed by atoms with van der Waals surface area (Å²) >= 11 is 0. The highest BCUT2D eigenvalue weighted by Crippen LogP contribution is 2.22. The first kappa shape index (κ1) is 20.1. The second kappa shape index (κ2) is 8.28. The Bertz CT molecular complexity index is 896. The second-order valence-electron chi connectivity index (χ2n) is 8.83. The van der Waals surface area contributed by atoms with E-state index >= 15 is 0 Å². The van der Waals surface area contributed by atoms with Crippen molar-refractivity contribution in [3.8, 4) is 0 Å². The lowest BCUT2D eigenvalue weighted by Gasteiger charge is -2.36. The summed E-state index contributed by atoms with van der Waals surface area (Å²) in [5.74, 6) is 1.23. The van der Waals surface area contributed by atoms with Gasteiger partial charge in [0.2, 0.25) is 5.95 Å². The summed E-state index contributed by atoms with van der Waals surface area (Å²) in [5.41, 5.74) is 4.44. The summed E-state index contributed by atoms with van der Waals surface area (Å²) in [6.07, 6.45) is 1.01. The molecule has 0 spiro atoms. The molecule has 0 bridgehead atoms. The Hall–Kier alpha value is -2.18. The van der Waals surface area contributed by atoms with Crippen molar-refractivity contribution in [3.63, 3.8) is 0 Å². The quantitative estimate of drug-likeness (QED) is 0.861. The maximum absolute atomic E-state index is 12.7. The lowest BCUT2D eigenvalue weighted by Crippen LogP contribution is -2.47. The number of nitrogens with zero attached hydrogens (tertiary/aromatic N) is 3. The minimum Gasteiger partial charge on any atom is -0.372 e. The fourth-order valence-electron chi connectivity index (χ4n) is 4.38. The van der Waals surface area contributed by atoms with Gasteiger partial charge in [0.15, 0.2) is 0 Å². The predicted molar refractivity (Wildman–Crippen MR) is 115 cm³/mol. The van der Waals surface area contributed by atoms with Crippen LogP contribution in [-0.4, -0.2) is 46.7 Å². The SMILES string of the molecule is CC(C)c1ccc(CN2CCc3c(nc(N4C[C@H](C)O[C@@H](C)C4)[nH]c3=O)C2)cc1. The summed E-state index contributed by atoms with van der Waals surface area (Å²) in [5, 5.41) is 0. The van der Waals surface area contributed by atoms with Crippen molar-refractivity contribution in [3.05, 3.63) is 57.0 Å². The third kappa shape index (κ3) is 4.54. The van der Waals surface area contributed by atoms with Crippen molar-refractivity contribution >= 4 is 5.95 Å². The second-order valence-corrected chi connectivity index (χ2v) is 8.83. The molecule has 2 aromatic rings. The van der Waals surface area contributed by atoms with Crippen LogP contribution in [0.4, 0.5) is 5.95 Å². The van der Waals surface area contributed by atoms with Crippen molar-refractivity contribution in [1.82, 2.24) is 14.9 Å².